The fourth-order valence-electron chi connectivity index (χ4n) is 8.75. The van der Waals surface area contributed by atoms with Gasteiger partial charge in [-0.3, -0.25) is 0 Å². The summed E-state index contributed by atoms with van der Waals surface area (Å²) >= 11 is 0. The molecule has 0 aliphatic rings. The van der Waals surface area contributed by atoms with Crippen LogP contribution in [-0.4, -0.2) is 29.5 Å². The van der Waals surface area contributed by atoms with Crippen molar-refractivity contribution < 1.29 is 8.83 Å². The molecule has 8 heteroatoms. The van der Waals surface area contributed by atoms with Crippen molar-refractivity contribution in [2.75, 3.05) is 0 Å². The van der Waals surface area contributed by atoms with Gasteiger partial charge in [0.25, 0.3) is 0 Å². The van der Waals surface area contributed by atoms with Gasteiger partial charge in [0.2, 0.25) is 11.8 Å². The molecule has 4 heterocycles. The second-order valence-corrected chi connectivity index (χ2v) is 15.7. The lowest BCUT2D eigenvalue weighted by atomic mass is 10.0. The lowest BCUT2D eigenvalue weighted by Crippen LogP contribution is -2.01. The van der Waals surface area contributed by atoms with Crippen LogP contribution in [0.5, 0.6) is 0 Å². The van der Waals surface area contributed by atoms with E-state index in [-0.39, 0.29) is 0 Å². The Morgan fingerprint density at radius 1 is 0.317 bits per heavy atom. The van der Waals surface area contributed by atoms with Gasteiger partial charge in [-0.05, 0) is 119 Å². The number of oxazole rings is 2. The SMILES string of the molecule is c1ccc2oc(-c3ccc4ccc(-c5nc(-c6ccc(-n7c8ccccc8c8ccccc87)cc6)nc(-c6ccc7ccc(-c8nc9ccccc9o8)cc7c6)n5)cc4c3)nc2c1. The third kappa shape index (κ3) is 5.96. The van der Waals surface area contributed by atoms with Gasteiger partial charge in [-0.2, -0.15) is 0 Å². The average molecular weight is 809 g/mol. The van der Waals surface area contributed by atoms with E-state index in [1.54, 1.807) is 0 Å². The predicted molar refractivity (Wildman–Crippen MR) is 251 cm³/mol. The van der Waals surface area contributed by atoms with Gasteiger partial charge in [-0.1, -0.05) is 97.1 Å². The molecule has 294 valence electrons. The lowest BCUT2D eigenvalue weighted by molar-refractivity contribution is 0.619. The molecule has 0 atom stereocenters. The molecule has 0 N–H and O–H groups in total. The molecule has 0 spiro atoms. The fourth-order valence-corrected chi connectivity index (χ4v) is 8.75. The first kappa shape index (κ1) is 35.0. The standard InChI is InChI=1S/C55H32N6O2/c1-5-13-47-43(9-1)44-10-2-6-14-48(44)61(47)42-27-25-35(26-28-42)51-58-52(36-21-17-33-19-23-38(31-40(33)29-36)54-56-45-11-3-7-15-49(45)62-54)60-53(59-51)37-22-18-34-20-24-39(32-41(34)30-37)55-57-46-12-4-8-16-50(46)63-55/h1-32H. The Morgan fingerprint density at radius 2 is 0.714 bits per heavy atom. The number of hydrogen-bond donors (Lipinski definition) is 0. The van der Waals surface area contributed by atoms with E-state index in [0.717, 1.165) is 88.3 Å². The first-order valence-electron chi connectivity index (χ1n) is 20.8. The summed E-state index contributed by atoms with van der Waals surface area (Å²) in [6.07, 6.45) is 0. The van der Waals surface area contributed by atoms with Crippen LogP contribution in [0.1, 0.15) is 0 Å². The minimum atomic E-state index is 0.566. The van der Waals surface area contributed by atoms with E-state index in [2.05, 4.69) is 138 Å². The number of fused-ring (bicyclic) bond motifs is 7. The van der Waals surface area contributed by atoms with Crippen molar-refractivity contribution in [2.24, 2.45) is 0 Å². The van der Waals surface area contributed by atoms with Crippen LogP contribution < -0.4 is 0 Å². The number of nitrogens with zero attached hydrogens (tertiary/aromatic N) is 6. The summed E-state index contributed by atoms with van der Waals surface area (Å²) in [5.41, 5.74) is 10.9. The lowest BCUT2D eigenvalue weighted by Gasteiger charge is -2.11. The second kappa shape index (κ2) is 13.9. The third-order valence-corrected chi connectivity index (χ3v) is 11.9. The maximum atomic E-state index is 6.14. The molecule has 0 saturated heterocycles. The molecule has 13 aromatic rings. The Kier molecular flexibility index (Phi) is 7.74. The number of benzene rings is 9. The molecule has 0 bridgehead atoms. The molecular weight excluding hydrogens is 777 g/mol. The van der Waals surface area contributed by atoms with E-state index in [1.807, 2.05) is 60.7 Å². The van der Waals surface area contributed by atoms with Gasteiger partial charge in [0, 0.05) is 44.3 Å². The first-order valence-corrected chi connectivity index (χ1v) is 20.8. The molecular formula is C55H32N6O2. The summed E-state index contributed by atoms with van der Waals surface area (Å²) in [7, 11) is 0. The topological polar surface area (TPSA) is 95.7 Å². The van der Waals surface area contributed by atoms with Crippen LogP contribution in [0, 0.1) is 0 Å². The van der Waals surface area contributed by atoms with Gasteiger partial charge in [-0.25, -0.2) is 24.9 Å². The van der Waals surface area contributed by atoms with E-state index in [0.29, 0.717) is 29.3 Å². The van der Waals surface area contributed by atoms with Crippen molar-refractivity contribution in [2.45, 2.75) is 0 Å². The van der Waals surface area contributed by atoms with Gasteiger partial charge in [0.1, 0.15) is 11.0 Å². The zero-order valence-corrected chi connectivity index (χ0v) is 33.5. The highest BCUT2D eigenvalue weighted by Gasteiger charge is 2.17. The quantitative estimate of drug-likeness (QED) is 0.165. The van der Waals surface area contributed by atoms with Crippen LogP contribution >= 0.6 is 0 Å². The molecule has 8 nitrogen and oxygen atoms in total. The number of para-hydroxylation sites is 6. The summed E-state index contributed by atoms with van der Waals surface area (Å²) in [6.45, 7) is 0. The van der Waals surface area contributed by atoms with Crippen molar-refractivity contribution in [1.82, 2.24) is 29.5 Å². The Morgan fingerprint density at radius 3 is 1.21 bits per heavy atom. The number of rotatable bonds is 6. The summed E-state index contributed by atoms with van der Waals surface area (Å²) in [6, 6.07) is 66.3. The monoisotopic (exact) mass is 808 g/mol. The summed E-state index contributed by atoms with van der Waals surface area (Å²) in [5, 5.41) is 6.64. The second-order valence-electron chi connectivity index (χ2n) is 15.7. The minimum Gasteiger partial charge on any atom is -0.436 e. The van der Waals surface area contributed by atoms with Crippen LogP contribution in [0.2, 0.25) is 0 Å². The maximum absolute atomic E-state index is 6.14. The van der Waals surface area contributed by atoms with Crippen LogP contribution in [-0.2, 0) is 0 Å². The van der Waals surface area contributed by atoms with E-state index in [4.69, 9.17) is 33.8 Å². The highest BCUT2D eigenvalue weighted by atomic mass is 16.4. The molecule has 9 aromatic carbocycles. The van der Waals surface area contributed by atoms with Crippen LogP contribution in [0.25, 0.3) is 128 Å². The molecule has 0 aliphatic heterocycles. The molecule has 0 unspecified atom stereocenters. The van der Waals surface area contributed by atoms with Crippen molar-refractivity contribution in [1.29, 1.82) is 0 Å². The zero-order chi connectivity index (χ0) is 41.4. The highest BCUT2D eigenvalue weighted by Crippen LogP contribution is 2.35. The smallest absolute Gasteiger partial charge is 0.227 e. The van der Waals surface area contributed by atoms with Crippen molar-refractivity contribution in [3.8, 4) is 62.8 Å². The average Bonchev–Trinajstić information content (AvgIpc) is 4.08. The Labute approximate surface area is 359 Å². The zero-order valence-electron chi connectivity index (χ0n) is 33.5. The van der Waals surface area contributed by atoms with E-state index in [9.17, 15) is 0 Å². The van der Waals surface area contributed by atoms with Gasteiger partial charge in [-0.15, -0.1) is 0 Å². The molecule has 0 amide bonds. The molecule has 0 aliphatic carbocycles. The van der Waals surface area contributed by atoms with Crippen molar-refractivity contribution >= 4 is 65.6 Å². The maximum Gasteiger partial charge on any atom is 0.227 e. The molecule has 13 rings (SSSR count). The number of aromatic nitrogens is 6. The Balaban J connectivity index is 0.942. The van der Waals surface area contributed by atoms with Crippen molar-refractivity contribution in [3.63, 3.8) is 0 Å². The molecule has 4 aromatic heterocycles. The Hall–Kier alpha value is -8.75. The molecule has 63 heavy (non-hydrogen) atoms. The Bertz CT molecular complexity index is 3640. The number of hydrogen-bond acceptors (Lipinski definition) is 7. The van der Waals surface area contributed by atoms with E-state index < -0.39 is 0 Å². The first-order chi connectivity index (χ1) is 31.1. The summed E-state index contributed by atoms with van der Waals surface area (Å²) in [4.78, 5) is 25.0. The highest BCUT2D eigenvalue weighted by molar-refractivity contribution is 6.09. The molecule has 0 saturated carbocycles. The molecule has 0 radical (unpaired) electrons. The largest absolute Gasteiger partial charge is 0.436 e. The van der Waals surface area contributed by atoms with Crippen LogP contribution in [0.3, 0.4) is 0 Å². The van der Waals surface area contributed by atoms with E-state index >= 15 is 0 Å². The van der Waals surface area contributed by atoms with Crippen LogP contribution in [0.4, 0.5) is 0 Å². The van der Waals surface area contributed by atoms with Gasteiger partial charge >= 0.3 is 0 Å². The normalized spacial score (nSPS) is 11.8. The van der Waals surface area contributed by atoms with E-state index in [1.165, 1.54) is 10.8 Å². The minimum absolute atomic E-state index is 0.566. The van der Waals surface area contributed by atoms with Gasteiger partial charge < -0.3 is 13.4 Å². The van der Waals surface area contributed by atoms with Crippen LogP contribution in [0.15, 0.2) is 203 Å². The van der Waals surface area contributed by atoms with Gasteiger partial charge in [0.05, 0.1) is 11.0 Å². The summed E-state index contributed by atoms with van der Waals surface area (Å²) < 4.78 is 14.6. The predicted octanol–water partition coefficient (Wildman–Crippen LogP) is 13.9. The van der Waals surface area contributed by atoms with Crippen molar-refractivity contribution in [3.05, 3.63) is 194 Å². The molecule has 0 fully saturated rings. The van der Waals surface area contributed by atoms with Gasteiger partial charge in [0.15, 0.2) is 28.6 Å². The fraction of sp³-hybridized carbons (Fsp3) is 0. The summed E-state index contributed by atoms with van der Waals surface area (Å²) in [5.74, 6) is 2.86. The third-order valence-electron chi connectivity index (χ3n) is 11.9.